The van der Waals surface area contributed by atoms with Gasteiger partial charge in [-0.3, -0.25) is 24.8 Å². The normalized spacial score (nSPS) is 14.8. The lowest BCUT2D eigenvalue weighted by atomic mass is 10.0. The Morgan fingerprint density at radius 1 is 0.944 bits per heavy atom. The predicted octanol–water partition coefficient (Wildman–Crippen LogP) is 4.71. The first-order chi connectivity index (χ1) is 17.5. The number of nitrogens with zero attached hydrogens (tertiary/aromatic N) is 5. The van der Waals surface area contributed by atoms with Crippen molar-refractivity contribution in [2.45, 2.75) is 38.8 Å². The molecular weight excluding hydrogens is 450 g/mol. The van der Waals surface area contributed by atoms with Gasteiger partial charge in [0.15, 0.2) is 5.69 Å². The number of fused-ring (bicyclic) bond motifs is 1. The molecule has 0 saturated carbocycles. The van der Waals surface area contributed by atoms with E-state index < -0.39 is 0 Å². The van der Waals surface area contributed by atoms with E-state index in [1.807, 2.05) is 50.8 Å². The quantitative estimate of drug-likeness (QED) is 0.396. The SMILES string of the molecule is CN(C)Cc1cncc(NC(=O)c2n[nH]c3ccc(-c4cncc(CN5CCCCCC5)c4)cc23)c1. The summed E-state index contributed by atoms with van der Waals surface area (Å²) in [7, 11) is 4.00. The van der Waals surface area contributed by atoms with Crippen molar-refractivity contribution in [3.8, 4) is 11.1 Å². The van der Waals surface area contributed by atoms with Crippen molar-refractivity contribution in [1.29, 1.82) is 0 Å². The van der Waals surface area contributed by atoms with E-state index in [-0.39, 0.29) is 5.91 Å². The lowest BCUT2D eigenvalue weighted by Gasteiger charge is -2.19. The van der Waals surface area contributed by atoms with E-state index in [9.17, 15) is 4.79 Å². The lowest BCUT2D eigenvalue weighted by molar-refractivity contribution is 0.102. The minimum atomic E-state index is -0.268. The monoisotopic (exact) mass is 483 g/mol. The van der Waals surface area contributed by atoms with Gasteiger partial charge in [-0.25, -0.2) is 0 Å². The molecule has 1 aliphatic heterocycles. The van der Waals surface area contributed by atoms with Gasteiger partial charge in [-0.1, -0.05) is 18.9 Å². The van der Waals surface area contributed by atoms with E-state index in [4.69, 9.17) is 0 Å². The third-order valence-electron chi connectivity index (χ3n) is 6.56. The largest absolute Gasteiger partial charge is 0.319 e. The first-order valence-electron chi connectivity index (χ1n) is 12.6. The molecule has 0 aliphatic carbocycles. The summed E-state index contributed by atoms with van der Waals surface area (Å²) >= 11 is 0. The summed E-state index contributed by atoms with van der Waals surface area (Å²) < 4.78 is 0. The van der Waals surface area contributed by atoms with E-state index in [1.165, 1.54) is 31.2 Å². The summed E-state index contributed by atoms with van der Waals surface area (Å²) in [6, 6.07) is 10.2. The van der Waals surface area contributed by atoms with Gasteiger partial charge in [-0.15, -0.1) is 0 Å². The Morgan fingerprint density at radius 2 is 1.72 bits per heavy atom. The van der Waals surface area contributed by atoms with Crippen LogP contribution in [-0.2, 0) is 13.1 Å². The Kier molecular flexibility index (Phi) is 7.34. The first kappa shape index (κ1) is 24.1. The minimum absolute atomic E-state index is 0.268. The van der Waals surface area contributed by atoms with Gasteiger partial charge in [0.1, 0.15) is 0 Å². The van der Waals surface area contributed by atoms with Gasteiger partial charge < -0.3 is 10.2 Å². The molecule has 4 aromatic rings. The molecule has 1 aliphatic rings. The minimum Gasteiger partial charge on any atom is -0.319 e. The number of benzene rings is 1. The summed E-state index contributed by atoms with van der Waals surface area (Å²) in [5.41, 5.74) is 6.12. The van der Waals surface area contributed by atoms with Crippen LogP contribution in [0, 0.1) is 0 Å². The number of hydrogen-bond donors (Lipinski definition) is 2. The van der Waals surface area contributed by atoms with Gasteiger partial charge in [-0.05, 0) is 81.0 Å². The van der Waals surface area contributed by atoms with Gasteiger partial charge in [0.05, 0.1) is 17.4 Å². The molecule has 0 spiro atoms. The fourth-order valence-corrected chi connectivity index (χ4v) is 4.85. The van der Waals surface area contributed by atoms with Crippen LogP contribution in [-0.4, -0.2) is 63.1 Å². The van der Waals surface area contributed by atoms with Gasteiger partial charge >= 0.3 is 0 Å². The van der Waals surface area contributed by atoms with Crippen molar-refractivity contribution in [3.63, 3.8) is 0 Å². The highest BCUT2D eigenvalue weighted by Crippen LogP contribution is 2.27. The topological polar surface area (TPSA) is 90.0 Å². The average Bonchev–Trinajstić information content (AvgIpc) is 3.12. The lowest BCUT2D eigenvalue weighted by Crippen LogP contribution is -2.24. The van der Waals surface area contributed by atoms with E-state index in [0.29, 0.717) is 11.4 Å². The van der Waals surface area contributed by atoms with Gasteiger partial charge in [0, 0.05) is 42.6 Å². The molecule has 4 heterocycles. The molecule has 1 fully saturated rings. The molecule has 8 heteroatoms. The van der Waals surface area contributed by atoms with Crippen molar-refractivity contribution < 1.29 is 4.79 Å². The number of anilines is 1. The maximum Gasteiger partial charge on any atom is 0.276 e. The van der Waals surface area contributed by atoms with Crippen molar-refractivity contribution >= 4 is 22.5 Å². The van der Waals surface area contributed by atoms with Crippen LogP contribution in [0.1, 0.15) is 47.3 Å². The zero-order valence-corrected chi connectivity index (χ0v) is 21.0. The second kappa shape index (κ2) is 11.0. The van der Waals surface area contributed by atoms with Gasteiger partial charge in [0.2, 0.25) is 0 Å². The molecular formula is C28H33N7O. The Balaban J connectivity index is 1.36. The Morgan fingerprint density at radius 3 is 2.53 bits per heavy atom. The second-order valence-electron chi connectivity index (χ2n) is 9.88. The summed E-state index contributed by atoms with van der Waals surface area (Å²) in [5, 5.41) is 11.0. The van der Waals surface area contributed by atoms with E-state index in [0.717, 1.165) is 53.8 Å². The molecule has 3 aromatic heterocycles. The molecule has 1 aromatic carbocycles. The molecule has 1 amide bonds. The van der Waals surface area contributed by atoms with E-state index in [1.54, 1.807) is 12.4 Å². The number of carbonyl (C=O) groups excluding carboxylic acids is 1. The van der Waals surface area contributed by atoms with E-state index in [2.05, 4.69) is 41.3 Å². The number of nitrogens with one attached hydrogen (secondary N) is 2. The summed E-state index contributed by atoms with van der Waals surface area (Å²) in [6.45, 7) is 3.97. The number of rotatable bonds is 7. The number of carbonyl (C=O) groups is 1. The highest BCUT2D eigenvalue weighted by Gasteiger charge is 2.16. The number of pyridine rings is 2. The van der Waals surface area contributed by atoms with Gasteiger partial charge in [-0.2, -0.15) is 5.10 Å². The molecule has 1 saturated heterocycles. The van der Waals surface area contributed by atoms with Crippen molar-refractivity contribution in [1.82, 2.24) is 30.0 Å². The molecule has 0 bridgehead atoms. The predicted molar refractivity (Wildman–Crippen MR) is 143 cm³/mol. The number of likely N-dealkylation sites (tertiary alicyclic amines) is 1. The Bertz CT molecular complexity index is 1340. The maximum absolute atomic E-state index is 13.1. The van der Waals surface area contributed by atoms with Crippen LogP contribution in [0.3, 0.4) is 0 Å². The molecule has 0 unspecified atom stereocenters. The summed E-state index contributed by atoms with van der Waals surface area (Å²) in [5.74, 6) is -0.268. The second-order valence-corrected chi connectivity index (χ2v) is 9.88. The summed E-state index contributed by atoms with van der Waals surface area (Å²) in [4.78, 5) is 26.5. The van der Waals surface area contributed by atoms with Crippen LogP contribution in [0.4, 0.5) is 5.69 Å². The zero-order chi connectivity index (χ0) is 24.9. The number of hydrogen-bond acceptors (Lipinski definition) is 6. The van der Waals surface area contributed by atoms with Crippen molar-refractivity contribution in [3.05, 3.63) is 71.9 Å². The third kappa shape index (κ3) is 5.78. The summed E-state index contributed by atoms with van der Waals surface area (Å²) in [6.07, 6.45) is 12.5. The molecule has 0 atom stereocenters. The number of aromatic amines is 1. The molecule has 5 rings (SSSR count). The fraction of sp³-hybridized carbons (Fsp3) is 0.357. The number of amides is 1. The standard InChI is InChI=1S/C28H33N7O/c1-34(2)18-21-12-24(17-30-15-21)31-28(36)27-25-13-22(7-8-26(25)32-33-27)23-11-20(14-29-16-23)19-35-9-5-3-4-6-10-35/h7-8,11-17H,3-6,9-10,18-19H2,1-2H3,(H,31,36)(H,32,33). The smallest absolute Gasteiger partial charge is 0.276 e. The number of aromatic nitrogens is 4. The van der Waals surface area contributed by atoms with Gasteiger partial charge in [0.25, 0.3) is 5.91 Å². The molecule has 36 heavy (non-hydrogen) atoms. The number of H-pyrrole nitrogens is 1. The van der Waals surface area contributed by atoms with Crippen molar-refractivity contribution in [2.75, 3.05) is 32.5 Å². The third-order valence-corrected chi connectivity index (χ3v) is 6.56. The fourth-order valence-electron chi connectivity index (χ4n) is 4.85. The van der Waals surface area contributed by atoms with Crippen molar-refractivity contribution in [2.24, 2.45) is 0 Å². The molecule has 186 valence electrons. The zero-order valence-electron chi connectivity index (χ0n) is 21.0. The molecule has 2 N–H and O–H groups in total. The first-order valence-corrected chi connectivity index (χ1v) is 12.6. The van der Waals surface area contributed by atoms with Crippen LogP contribution < -0.4 is 5.32 Å². The Labute approximate surface area is 211 Å². The maximum atomic E-state index is 13.1. The average molecular weight is 484 g/mol. The van der Waals surface area contributed by atoms with E-state index >= 15 is 0 Å². The van der Waals surface area contributed by atoms with Crippen LogP contribution in [0.5, 0.6) is 0 Å². The van der Waals surface area contributed by atoms with Crippen LogP contribution >= 0.6 is 0 Å². The van der Waals surface area contributed by atoms with Crippen LogP contribution in [0.15, 0.2) is 55.1 Å². The molecule has 0 radical (unpaired) electrons. The molecule has 8 nitrogen and oxygen atoms in total. The Hall–Kier alpha value is -3.62. The van der Waals surface area contributed by atoms with Crippen LogP contribution in [0.25, 0.3) is 22.0 Å². The van der Waals surface area contributed by atoms with Crippen LogP contribution in [0.2, 0.25) is 0 Å². The highest BCUT2D eigenvalue weighted by atomic mass is 16.1. The highest BCUT2D eigenvalue weighted by molar-refractivity contribution is 6.11.